The van der Waals surface area contributed by atoms with Crippen LogP contribution in [-0.4, -0.2) is 30.0 Å². The third kappa shape index (κ3) is 5.55. The lowest BCUT2D eigenvalue weighted by Crippen LogP contribution is -2.24. The number of benzene rings is 2. The molecule has 2 rings (SSSR count). The summed E-state index contributed by atoms with van der Waals surface area (Å²) >= 11 is 0. The third-order valence-corrected chi connectivity index (χ3v) is 3.24. The van der Waals surface area contributed by atoms with Gasteiger partial charge in [0.2, 0.25) is 0 Å². The highest BCUT2D eigenvalue weighted by Crippen LogP contribution is 2.21. The molecule has 26 heavy (non-hydrogen) atoms. The molecule has 0 heterocycles. The summed E-state index contributed by atoms with van der Waals surface area (Å²) in [4.78, 5) is 33.6. The van der Waals surface area contributed by atoms with Crippen molar-refractivity contribution in [2.24, 2.45) is 0 Å². The van der Waals surface area contributed by atoms with Crippen LogP contribution in [0.2, 0.25) is 0 Å². The number of rotatable bonds is 7. The minimum absolute atomic E-state index is 0.171. The van der Waals surface area contributed by atoms with Gasteiger partial charge in [-0.2, -0.15) is 0 Å². The molecule has 2 aromatic carbocycles. The number of halogens is 1. The molecule has 0 atom stereocenters. The maximum absolute atomic E-state index is 12.7. The fraction of sp³-hybridized carbons (Fsp3) is 0.176. The molecule has 1 N–H and O–H groups in total. The number of carbonyl (C=O) groups excluding carboxylic acids is 2. The van der Waals surface area contributed by atoms with E-state index in [-0.39, 0.29) is 17.1 Å². The number of nitrogens with one attached hydrogen (secondary N) is 1. The zero-order valence-corrected chi connectivity index (χ0v) is 13.7. The number of carbonyl (C=O) groups is 2. The molecule has 136 valence electrons. The number of nitro benzene ring substituents is 1. The molecular weight excluding hydrogens is 347 g/mol. The van der Waals surface area contributed by atoms with E-state index in [9.17, 15) is 24.1 Å². The van der Waals surface area contributed by atoms with Crippen LogP contribution < -0.4 is 10.1 Å². The van der Waals surface area contributed by atoms with Crippen LogP contribution in [0.15, 0.2) is 42.5 Å². The number of esters is 1. The highest BCUT2D eigenvalue weighted by atomic mass is 19.1. The lowest BCUT2D eigenvalue weighted by Gasteiger charge is -2.09. The molecule has 0 aliphatic carbocycles. The van der Waals surface area contributed by atoms with Crippen molar-refractivity contribution in [1.29, 1.82) is 0 Å². The Balaban J connectivity index is 1.81. The fourth-order valence-electron chi connectivity index (χ4n) is 1.91. The molecule has 8 nitrogen and oxygen atoms in total. The number of hydrogen-bond acceptors (Lipinski definition) is 6. The van der Waals surface area contributed by atoms with Crippen molar-refractivity contribution >= 4 is 23.3 Å². The Kier molecular flexibility index (Phi) is 6.20. The van der Waals surface area contributed by atoms with Crippen LogP contribution in [0.25, 0.3) is 0 Å². The van der Waals surface area contributed by atoms with E-state index in [2.05, 4.69) is 5.32 Å². The van der Waals surface area contributed by atoms with E-state index in [1.54, 1.807) is 6.92 Å². The number of ether oxygens (including phenoxy) is 2. The second-order valence-electron chi connectivity index (χ2n) is 5.21. The Labute approximate surface area is 147 Å². The first-order chi connectivity index (χ1) is 12.3. The van der Waals surface area contributed by atoms with Crippen molar-refractivity contribution in [2.45, 2.75) is 6.92 Å². The van der Waals surface area contributed by atoms with Gasteiger partial charge >= 0.3 is 5.97 Å². The summed E-state index contributed by atoms with van der Waals surface area (Å²) in [7, 11) is 0. The van der Waals surface area contributed by atoms with E-state index < -0.39 is 35.8 Å². The van der Waals surface area contributed by atoms with Crippen molar-refractivity contribution < 1.29 is 28.4 Å². The topological polar surface area (TPSA) is 108 Å². The second-order valence-corrected chi connectivity index (χ2v) is 5.21. The van der Waals surface area contributed by atoms with Crippen LogP contribution in [0.5, 0.6) is 5.75 Å². The van der Waals surface area contributed by atoms with Crippen LogP contribution >= 0.6 is 0 Å². The molecule has 0 saturated carbocycles. The molecule has 2 aromatic rings. The van der Waals surface area contributed by atoms with E-state index >= 15 is 0 Å². The largest absolute Gasteiger partial charge is 0.482 e. The van der Waals surface area contributed by atoms with Crippen LogP contribution in [0, 0.1) is 22.9 Å². The molecule has 9 heteroatoms. The van der Waals surface area contributed by atoms with Gasteiger partial charge in [-0.05, 0) is 36.8 Å². The van der Waals surface area contributed by atoms with Crippen molar-refractivity contribution in [2.75, 3.05) is 18.5 Å². The molecule has 0 radical (unpaired) electrons. The molecule has 0 bridgehead atoms. The number of amides is 1. The van der Waals surface area contributed by atoms with Gasteiger partial charge < -0.3 is 14.8 Å². The molecule has 0 fully saturated rings. The fourth-order valence-corrected chi connectivity index (χ4v) is 1.91. The summed E-state index contributed by atoms with van der Waals surface area (Å²) < 4.78 is 22.6. The summed E-state index contributed by atoms with van der Waals surface area (Å²) in [5, 5.41) is 13.2. The quantitative estimate of drug-likeness (QED) is 0.461. The normalized spacial score (nSPS) is 10.1. The summed E-state index contributed by atoms with van der Waals surface area (Å²) in [6.45, 7) is 0.643. The van der Waals surface area contributed by atoms with Crippen LogP contribution in [-0.2, 0) is 14.3 Å². The first-order valence-corrected chi connectivity index (χ1v) is 7.44. The maximum atomic E-state index is 12.7. The number of nitro groups is 1. The zero-order chi connectivity index (χ0) is 19.1. The van der Waals surface area contributed by atoms with Crippen LogP contribution in [0.3, 0.4) is 0 Å². The van der Waals surface area contributed by atoms with Crippen LogP contribution in [0.4, 0.5) is 15.8 Å². The van der Waals surface area contributed by atoms with Crippen molar-refractivity contribution in [3.05, 3.63) is 64.0 Å². The van der Waals surface area contributed by atoms with Gasteiger partial charge in [-0.15, -0.1) is 0 Å². The van der Waals surface area contributed by atoms with Gasteiger partial charge in [0, 0.05) is 12.1 Å². The minimum atomic E-state index is -0.791. The lowest BCUT2D eigenvalue weighted by molar-refractivity contribution is -0.384. The summed E-state index contributed by atoms with van der Waals surface area (Å²) in [6, 6.07) is 9.08. The molecule has 0 spiro atoms. The Hall–Kier alpha value is -3.49. The van der Waals surface area contributed by atoms with Gasteiger partial charge in [-0.1, -0.05) is 6.07 Å². The average molecular weight is 362 g/mol. The second kappa shape index (κ2) is 8.56. The SMILES string of the molecule is Cc1ccc([N+](=O)[O-])cc1NC(=O)COC(=O)COc1ccc(F)cc1. The van der Waals surface area contributed by atoms with E-state index in [1.807, 2.05) is 0 Å². The average Bonchev–Trinajstić information content (AvgIpc) is 2.61. The standard InChI is InChI=1S/C17H15FN2O6/c1-11-2-5-13(20(23)24)8-15(11)19-16(21)9-26-17(22)10-25-14-6-3-12(18)4-7-14/h2-8H,9-10H2,1H3,(H,19,21). The Morgan fingerprint density at radius 3 is 2.50 bits per heavy atom. The molecule has 0 aliphatic rings. The molecule has 0 unspecified atom stereocenters. The monoisotopic (exact) mass is 362 g/mol. The van der Waals surface area contributed by atoms with Crippen molar-refractivity contribution in [3.8, 4) is 5.75 Å². The molecule has 0 saturated heterocycles. The van der Waals surface area contributed by atoms with Gasteiger partial charge in [0.15, 0.2) is 13.2 Å². The summed E-state index contributed by atoms with van der Waals surface area (Å²) in [5.41, 5.74) is 0.702. The lowest BCUT2D eigenvalue weighted by atomic mass is 10.2. The third-order valence-electron chi connectivity index (χ3n) is 3.24. The van der Waals surface area contributed by atoms with Gasteiger partial charge in [-0.25, -0.2) is 9.18 Å². The summed E-state index contributed by atoms with van der Waals surface area (Å²) in [5.74, 6) is -1.60. The highest BCUT2D eigenvalue weighted by molar-refractivity contribution is 5.93. The molecule has 0 aliphatic heterocycles. The molecule has 1 amide bonds. The van der Waals surface area contributed by atoms with Gasteiger partial charge in [0.25, 0.3) is 11.6 Å². The van der Waals surface area contributed by atoms with Gasteiger partial charge in [0.05, 0.1) is 10.6 Å². The first kappa shape index (κ1) is 18.8. The zero-order valence-electron chi connectivity index (χ0n) is 13.7. The number of non-ortho nitro benzene ring substituents is 1. The van der Waals surface area contributed by atoms with Crippen molar-refractivity contribution in [1.82, 2.24) is 0 Å². The molecule has 0 aromatic heterocycles. The van der Waals surface area contributed by atoms with Crippen molar-refractivity contribution in [3.63, 3.8) is 0 Å². The number of nitrogens with zero attached hydrogens (tertiary/aromatic N) is 1. The number of anilines is 1. The van der Waals surface area contributed by atoms with E-state index in [1.165, 1.54) is 42.5 Å². The number of aryl methyl sites for hydroxylation is 1. The van der Waals surface area contributed by atoms with E-state index in [0.29, 0.717) is 5.56 Å². The first-order valence-electron chi connectivity index (χ1n) is 7.44. The highest BCUT2D eigenvalue weighted by Gasteiger charge is 2.13. The van der Waals surface area contributed by atoms with E-state index in [0.717, 1.165) is 0 Å². The minimum Gasteiger partial charge on any atom is -0.482 e. The predicted molar refractivity (Wildman–Crippen MR) is 89.3 cm³/mol. The Bertz CT molecular complexity index is 823. The van der Waals surface area contributed by atoms with Gasteiger partial charge in [0.1, 0.15) is 11.6 Å². The number of hydrogen-bond donors (Lipinski definition) is 1. The van der Waals surface area contributed by atoms with Crippen LogP contribution in [0.1, 0.15) is 5.56 Å². The van der Waals surface area contributed by atoms with E-state index in [4.69, 9.17) is 9.47 Å². The molecular formula is C17H15FN2O6. The maximum Gasteiger partial charge on any atom is 0.344 e. The Morgan fingerprint density at radius 1 is 1.15 bits per heavy atom. The smallest absolute Gasteiger partial charge is 0.344 e. The Morgan fingerprint density at radius 2 is 1.85 bits per heavy atom. The van der Waals surface area contributed by atoms with Gasteiger partial charge in [-0.3, -0.25) is 14.9 Å². The summed E-state index contributed by atoms with van der Waals surface area (Å²) in [6.07, 6.45) is 0. The predicted octanol–water partition coefficient (Wildman–Crippen LogP) is 2.60.